The molecule has 0 spiro atoms. The normalized spacial score (nSPS) is 27.0. The Hall–Kier alpha value is -2.44. The van der Waals surface area contributed by atoms with Crippen LogP contribution in [0.4, 0.5) is 0 Å². The van der Waals surface area contributed by atoms with Crippen LogP contribution in [0.25, 0.3) is 16.9 Å². The van der Waals surface area contributed by atoms with E-state index in [0.717, 1.165) is 24.5 Å². The third-order valence-electron chi connectivity index (χ3n) is 7.38. The molecule has 0 aromatic carbocycles. The minimum Gasteiger partial charge on any atom is -0.336 e. The molecule has 2 saturated carbocycles. The molecule has 0 aliphatic heterocycles. The monoisotopic (exact) mass is 392 g/mol. The van der Waals surface area contributed by atoms with Crippen LogP contribution in [0.15, 0.2) is 16.9 Å². The molecule has 7 nitrogen and oxygen atoms in total. The van der Waals surface area contributed by atoms with E-state index < -0.39 is 0 Å². The molecule has 3 aliphatic carbocycles. The highest BCUT2D eigenvalue weighted by Gasteiger charge is 2.38. The van der Waals surface area contributed by atoms with Crippen LogP contribution in [0.3, 0.4) is 0 Å². The number of rotatable bonds is 4. The Balaban J connectivity index is 1.46. The van der Waals surface area contributed by atoms with Gasteiger partial charge in [-0.05, 0) is 37.5 Å². The zero-order chi connectivity index (χ0) is 19.5. The molecule has 2 bridgehead atoms. The Bertz CT molecular complexity index is 1160. The Labute approximate surface area is 169 Å². The minimum absolute atomic E-state index is 0.0379. The zero-order valence-corrected chi connectivity index (χ0v) is 17.0. The number of allylic oxidation sites excluding steroid dienone is 2. The van der Waals surface area contributed by atoms with E-state index in [4.69, 9.17) is 15.1 Å². The number of nitrogens with one attached hydrogen (secondary N) is 1. The molecule has 3 aromatic heterocycles. The van der Waals surface area contributed by atoms with Gasteiger partial charge in [-0.1, -0.05) is 44.3 Å². The standard InChI is InChI=1S/C22H28N6O/c1-2-27-21(29)18-20(25-19(24-18)16-11-14-8-9-15(16)10-14)28-22(27)23-17(26-28)12-13-6-4-3-5-7-13/h8-9,13-16H,2-7,10-12H2,1H3,(H,24,25)/t14?,15?,16-/m1/s1. The summed E-state index contributed by atoms with van der Waals surface area (Å²) in [5, 5.41) is 4.82. The molecule has 2 fully saturated rings. The lowest BCUT2D eigenvalue weighted by Gasteiger charge is -2.19. The van der Waals surface area contributed by atoms with Gasteiger partial charge in [-0.2, -0.15) is 9.50 Å². The maximum absolute atomic E-state index is 13.2. The number of nitrogens with zero attached hydrogens (tertiary/aromatic N) is 5. The summed E-state index contributed by atoms with van der Waals surface area (Å²) in [4.78, 5) is 26.2. The van der Waals surface area contributed by atoms with Gasteiger partial charge in [-0.3, -0.25) is 9.36 Å². The van der Waals surface area contributed by atoms with E-state index in [9.17, 15) is 4.79 Å². The molecule has 29 heavy (non-hydrogen) atoms. The maximum Gasteiger partial charge on any atom is 0.281 e. The summed E-state index contributed by atoms with van der Waals surface area (Å²) in [6.07, 6.45) is 14.4. The van der Waals surface area contributed by atoms with Gasteiger partial charge in [0.15, 0.2) is 17.0 Å². The maximum atomic E-state index is 13.2. The molecule has 7 heteroatoms. The first-order valence-electron chi connectivity index (χ1n) is 11.3. The summed E-state index contributed by atoms with van der Waals surface area (Å²) in [7, 11) is 0. The second kappa shape index (κ2) is 6.54. The van der Waals surface area contributed by atoms with E-state index >= 15 is 0 Å². The highest BCUT2D eigenvalue weighted by Crippen LogP contribution is 2.48. The first-order chi connectivity index (χ1) is 14.2. The van der Waals surface area contributed by atoms with Crippen molar-refractivity contribution >= 4 is 16.9 Å². The van der Waals surface area contributed by atoms with Gasteiger partial charge in [0.25, 0.3) is 5.56 Å². The van der Waals surface area contributed by atoms with Crippen molar-refractivity contribution in [2.24, 2.45) is 17.8 Å². The number of imidazole rings is 1. The number of aromatic nitrogens is 6. The molecule has 6 rings (SSSR count). The lowest BCUT2D eigenvalue weighted by atomic mass is 9.87. The van der Waals surface area contributed by atoms with Crippen LogP contribution < -0.4 is 5.56 Å². The minimum atomic E-state index is -0.0379. The summed E-state index contributed by atoms with van der Waals surface area (Å²) >= 11 is 0. The van der Waals surface area contributed by atoms with Gasteiger partial charge in [-0.15, -0.1) is 5.10 Å². The molecule has 152 valence electrons. The van der Waals surface area contributed by atoms with Crippen molar-refractivity contribution in [1.82, 2.24) is 29.1 Å². The topological polar surface area (TPSA) is 80.9 Å². The van der Waals surface area contributed by atoms with E-state index in [1.807, 2.05) is 6.92 Å². The number of hydrogen-bond donors (Lipinski definition) is 1. The van der Waals surface area contributed by atoms with E-state index in [-0.39, 0.29) is 5.56 Å². The van der Waals surface area contributed by atoms with Crippen LogP contribution in [-0.4, -0.2) is 29.1 Å². The Kier molecular flexibility index (Phi) is 3.93. The van der Waals surface area contributed by atoms with Crippen molar-refractivity contribution in [1.29, 1.82) is 0 Å². The van der Waals surface area contributed by atoms with E-state index in [1.54, 1.807) is 9.08 Å². The third kappa shape index (κ3) is 2.69. The first-order valence-corrected chi connectivity index (χ1v) is 11.3. The van der Waals surface area contributed by atoms with Crippen molar-refractivity contribution in [3.8, 4) is 0 Å². The zero-order valence-electron chi connectivity index (χ0n) is 17.0. The van der Waals surface area contributed by atoms with E-state index in [0.29, 0.717) is 47.2 Å². The molecule has 2 unspecified atom stereocenters. The van der Waals surface area contributed by atoms with Crippen molar-refractivity contribution in [2.75, 3.05) is 0 Å². The quantitative estimate of drug-likeness (QED) is 0.688. The second-order valence-corrected chi connectivity index (χ2v) is 9.20. The molecule has 1 N–H and O–H groups in total. The number of aryl methyl sites for hydroxylation is 1. The van der Waals surface area contributed by atoms with Gasteiger partial charge in [-0.25, -0.2) is 4.98 Å². The van der Waals surface area contributed by atoms with Crippen LogP contribution in [0.2, 0.25) is 0 Å². The van der Waals surface area contributed by atoms with Gasteiger partial charge >= 0.3 is 0 Å². The SMILES string of the molecule is CCn1c(=O)c2[nH]c([C@@H]3CC4C=CC3C4)nc2n2nc(CC3CCCCC3)nc12. The average molecular weight is 393 g/mol. The molecule has 0 amide bonds. The Morgan fingerprint density at radius 2 is 2.00 bits per heavy atom. The average Bonchev–Trinajstić information content (AvgIpc) is 3.51. The van der Waals surface area contributed by atoms with Crippen molar-refractivity contribution in [3.63, 3.8) is 0 Å². The van der Waals surface area contributed by atoms with Gasteiger partial charge in [0, 0.05) is 18.9 Å². The van der Waals surface area contributed by atoms with Gasteiger partial charge in [0.1, 0.15) is 5.82 Å². The van der Waals surface area contributed by atoms with Gasteiger partial charge in [0.2, 0.25) is 5.78 Å². The van der Waals surface area contributed by atoms with Crippen molar-refractivity contribution in [2.45, 2.75) is 70.8 Å². The summed E-state index contributed by atoms with van der Waals surface area (Å²) in [6, 6.07) is 0. The van der Waals surface area contributed by atoms with Crippen LogP contribution in [0.1, 0.15) is 69.4 Å². The lowest BCUT2D eigenvalue weighted by Crippen LogP contribution is -2.22. The second-order valence-electron chi connectivity index (χ2n) is 9.20. The summed E-state index contributed by atoms with van der Waals surface area (Å²) in [5.41, 5.74) is 1.16. The molecule has 3 aromatic rings. The third-order valence-corrected chi connectivity index (χ3v) is 7.38. The van der Waals surface area contributed by atoms with Crippen LogP contribution in [-0.2, 0) is 13.0 Å². The predicted molar refractivity (Wildman–Crippen MR) is 111 cm³/mol. The smallest absolute Gasteiger partial charge is 0.281 e. The molecule has 3 aliphatic rings. The fourth-order valence-corrected chi connectivity index (χ4v) is 5.86. The lowest BCUT2D eigenvalue weighted by molar-refractivity contribution is 0.351. The number of aromatic amines is 1. The number of H-pyrrole nitrogens is 1. The summed E-state index contributed by atoms with van der Waals surface area (Å²) in [5.74, 6) is 4.66. The molecule has 3 heterocycles. The van der Waals surface area contributed by atoms with Crippen LogP contribution in [0.5, 0.6) is 0 Å². The Morgan fingerprint density at radius 1 is 1.14 bits per heavy atom. The van der Waals surface area contributed by atoms with Gasteiger partial charge < -0.3 is 4.98 Å². The van der Waals surface area contributed by atoms with E-state index in [1.165, 1.54) is 38.5 Å². The van der Waals surface area contributed by atoms with Gasteiger partial charge in [0.05, 0.1) is 0 Å². The summed E-state index contributed by atoms with van der Waals surface area (Å²) in [6.45, 7) is 2.56. The molecule has 0 radical (unpaired) electrons. The first kappa shape index (κ1) is 17.4. The van der Waals surface area contributed by atoms with Crippen molar-refractivity contribution < 1.29 is 0 Å². The molecular weight excluding hydrogens is 364 g/mol. The van der Waals surface area contributed by atoms with Crippen LogP contribution >= 0.6 is 0 Å². The Morgan fingerprint density at radius 3 is 2.72 bits per heavy atom. The fourth-order valence-electron chi connectivity index (χ4n) is 5.86. The molecular formula is C22H28N6O. The highest BCUT2D eigenvalue weighted by molar-refractivity contribution is 5.72. The highest BCUT2D eigenvalue weighted by atomic mass is 16.1. The summed E-state index contributed by atoms with van der Waals surface area (Å²) < 4.78 is 3.53. The molecule has 0 saturated heterocycles. The fraction of sp³-hybridized carbons (Fsp3) is 0.636. The predicted octanol–water partition coefficient (Wildman–Crippen LogP) is 3.59. The van der Waals surface area contributed by atoms with Crippen LogP contribution in [0, 0.1) is 17.8 Å². The van der Waals surface area contributed by atoms with E-state index in [2.05, 4.69) is 17.1 Å². The largest absolute Gasteiger partial charge is 0.336 e. The molecule has 3 atom stereocenters. The number of hydrogen-bond acceptors (Lipinski definition) is 4. The number of fused-ring (bicyclic) bond motifs is 5. The van der Waals surface area contributed by atoms with Crippen molar-refractivity contribution in [3.05, 3.63) is 34.2 Å².